The first-order valence-electron chi connectivity index (χ1n) is 3.24. The predicted octanol–water partition coefficient (Wildman–Crippen LogP) is 2.25. The molecule has 0 unspecified atom stereocenters. The molecular weight excluding hydrogens is 158 g/mol. The van der Waals surface area contributed by atoms with Crippen LogP contribution in [0.2, 0.25) is 0 Å². The van der Waals surface area contributed by atoms with Crippen LogP contribution in [0, 0.1) is 25.2 Å². The van der Waals surface area contributed by atoms with E-state index in [4.69, 9.17) is 10.00 Å². The summed E-state index contributed by atoms with van der Waals surface area (Å²) in [6.07, 6.45) is 0. The van der Waals surface area contributed by atoms with Gasteiger partial charge in [0.15, 0.2) is 5.06 Å². The van der Waals surface area contributed by atoms with Gasteiger partial charge in [0.25, 0.3) is 0 Å². The lowest BCUT2D eigenvalue weighted by atomic mass is 10.2. The van der Waals surface area contributed by atoms with Gasteiger partial charge in [-0.2, -0.15) is 5.26 Å². The molecule has 0 aliphatic carbocycles. The van der Waals surface area contributed by atoms with E-state index in [1.54, 1.807) is 7.11 Å². The molecule has 11 heavy (non-hydrogen) atoms. The molecule has 2 nitrogen and oxygen atoms in total. The second-order valence-electron chi connectivity index (χ2n) is 2.26. The number of nitriles is 1. The highest BCUT2D eigenvalue weighted by atomic mass is 32.1. The summed E-state index contributed by atoms with van der Waals surface area (Å²) in [5, 5.41) is 9.56. The summed E-state index contributed by atoms with van der Waals surface area (Å²) in [4.78, 5) is 1.03. The molecule has 0 saturated heterocycles. The Balaban J connectivity index is 3.28. The van der Waals surface area contributed by atoms with E-state index in [0.29, 0.717) is 0 Å². The summed E-state index contributed by atoms with van der Waals surface area (Å²) in [6, 6.07) is 2.15. The van der Waals surface area contributed by atoms with Gasteiger partial charge < -0.3 is 4.74 Å². The molecule has 3 heteroatoms. The van der Waals surface area contributed by atoms with Crippen LogP contribution in [0.1, 0.15) is 16.0 Å². The number of ether oxygens (including phenoxy) is 1. The molecular formula is C8H9NOS. The van der Waals surface area contributed by atoms with Crippen LogP contribution in [0.15, 0.2) is 0 Å². The first kappa shape index (κ1) is 8.09. The molecule has 1 heterocycles. The van der Waals surface area contributed by atoms with Crippen molar-refractivity contribution in [2.24, 2.45) is 0 Å². The van der Waals surface area contributed by atoms with E-state index < -0.39 is 0 Å². The second kappa shape index (κ2) is 2.93. The average Bonchev–Trinajstić information content (AvgIpc) is 2.26. The quantitative estimate of drug-likeness (QED) is 0.642. The van der Waals surface area contributed by atoms with E-state index in [9.17, 15) is 0 Å². The van der Waals surface area contributed by atoms with Crippen molar-refractivity contribution in [3.8, 4) is 11.1 Å². The lowest BCUT2D eigenvalue weighted by molar-refractivity contribution is 0.424. The molecule has 0 aliphatic rings. The summed E-state index contributed by atoms with van der Waals surface area (Å²) in [6.45, 7) is 3.83. The zero-order valence-corrected chi connectivity index (χ0v) is 7.58. The van der Waals surface area contributed by atoms with Crippen molar-refractivity contribution >= 4 is 11.3 Å². The normalized spacial score (nSPS) is 9.27. The van der Waals surface area contributed by atoms with Gasteiger partial charge in [0.2, 0.25) is 0 Å². The predicted molar refractivity (Wildman–Crippen MR) is 45.1 cm³/mol. The van der Waals surface area contributed by atoms with Gasteiger partial charge >= 0.3 is 0 Å². The van der Waals surface area contributed by atoms with Crippen LogP contribution in [0.25, 0.3) is 0 Å². The van der Waals surface area contributed by atoms with Crippen molar-refractivity contribution in [2.75, 3.05) is 7.11 Å². The highest BCUT2D eigenvalue weighted by molar-refractivity contribution is 7.14. The molecule has 58 valence electrons. The van der Waals surface area contributed by atoms with Crippen LogP contribution < -0.4 is 4.74 Å². The molecule has 1 aromatic rings. The average molecular weight is 167 g/mol. The Morgan fingerprint density at radius 3 is 2.36 bits per heavy atom. The molecule has 0 amide bonds. The van der Waals surface area contributed by atoms with Gasteiger partial charge in [-0.3, -0.25) is 0 Å². The fourth-order valence-corrected chi connectivity index (χ4v) is 1.91. The smallest absolute Gasteiger partial charge is 0.177 e. The number of methoxy groups -OCH3 is 1. The molecule has 0 fully saturated rings. The molecule has 0 atom stereocenters. The fraction of sp³-hybridized carbons (Fsp3) is 0.375. The Kier molecular flexibility index (Phi) is 2.16. The van der Waals surface area contributed by atoms with Crippen molar-refractivity contribution < 1.29 is 4.74 Å². The minimum atomic E-state index is 0.756. The number of hydrogen-bond acceptors (Lipinski definition) is 3. The molecule has 0 bridgehead atoms. The van der Waals surface area contributed by atoms with Crippen LogP contribution >= 0.6 is 11.3 Å². The van der Waals surface area contributed by atoms with Gasteiger partial charge in [0.05, 0.1) is 12.7 Å². The molecule has 0 radical (unpaired) electrons. The molecule has 0 aromatic carbocycles. The Morgan fingerprint density at radius 1 is 1.45 bits per heavy atom. The van der Waals surface area contributed by atoms with E-state index in [1.807, 2.05) is 13.8 Å². The Morgan fingerprint density at radius 2 is 2.09 bits per heavy atom. The highest BCUT2D eigenvalue weighted by Crippen LogP contribution is 2.33. The summed E-state index contributed by atoms with van der Waals surface area (Å²) >= 11 is 1.52. The monoisotopic (exact) mass is 167 g/mol. The third-order valence-corrected chi connectivity index (χ3v) is 2.74. The first-order valence-corrected chi connectivity index (χ1v) is 4.06. The maximum Gasteiger partial charge on any atom is 0.177 e. The Labute approximate surface area is 70.0 Å². The standard InChI is InChI=1S/C8H9NOS/c1-5-7(4-9)6(2)11-8(5)10-3/h1-3H3. The second-order valence-corrected chi connectivity index (χ2v) is 3.45. The summed E-state index contributed by atoms with van der Waals surface area (Å²) in [5.74, 6) is 0. The van der Waals surface area contributed by atoms with Gasteiger partial charge in [0.1, 0.15) is 6.07 Å². The number of thiophene rings is 1. The van der Waals surface area contributed by atoms with Gasteiger partial charge in [-0.25, -0.2) is 0 Å². The largest absolute Gasteiger partial charge is 0.487 e. The van der Waals surface area contributed by atoms with Crippen molar-refractivity contribution in [1.82, 2.24) is 0 Å². The number of rotatable bonds is 1. The highest BCUT2D eigenvalue weighted by Gasteiger charge is 2.10. The topological polar surface area (TPSA) is 33.0 Å². The lowest BCUT2D eigenvalue weighted by Gasteiger charge is -1.93. The Hall–Kier alpha value is -1.01. The van der Waals surface area contributed by atoms with Gasteiger partial charge in [0, 0.05) is 10.4 Å². The van der Waals surface area contributed by atoms with Crippen molar-refractivity contribution in [2.45, 2.75) is 13.8 Å². The van der Waals surface area contributed by atoms with Crippen LogP contribution in [0.4, 0.5) is 0 Å². The Bertz CT molecular complexity index is 309. The molecule has 1 aromatic heterocycles. The minimum absolute atomic E-state index is 0.756. The van der Waals surface area contributed by atoms with E-state index in [2.05, 4.69) is 6.07 Å². The maximum absolute atomic E-state index is 8.71. The number of hydrogen-bond donors (Lipinski definition) is 0. The zero-order valence-electron chi connectivity index (χ0n) is 6.76. The number of aryl methyl sites for hydroxylation is 1. The van der Waals surface area contributed by atoms with Crippen molar-refractivity contribution in [3.05, 3.63) is 16.0 Å². The van der Waals surface area contributed by atoms with Gasteiger partial charge in [-0.15, -0.1) is 11.3 Å². The van der Waals surface area contributed by atoms with Crippen molar-refractivity contribution in [1.29, 1.82) is 5.26 Å². The lowest BCUT2D eigenvalue weighted by Crippen LogP contribution is -1.81. The molecule has 0 aliphatic heterocycles. The summed E-state index contributed by atoms with van der Waals surface area (Å²) < 4.78 is 5.08. The third-order valence-electron chi connectivity index (χ3n) is 1.58. The molecule has 0 saturated carbocycles. The first-order chi connectivity index (χ1) is 5.20. The maximum atomic E-state index is 8.71. The number of nitrogens with zero attached hydrogens (tertiary/aromatic N) is 1. The van der Waals surface area contributed by atoms with E-state index >= 15 is 0 Å². The molecule has 0 N–H and O–H groups in total. The SMILES string of the molecule is COc1sc(C)c(C#N)c1C. The van der Waals surface area contributed by atoms with Gasteiger partial charge in [-0.05, 0) is 13.8 Å². The van der Waals surface area contributed by atoms with Crippen molar-refractivity contribution in [3.63, 3.8) is 0 Å². The van der Waals surface area contributed by atoms with Crippen LogP contribution in [-0.2, 0) is 0 Å². The molecule has 0 spiro atoms. The van der Waals surface area contributed by atoms with E-state index in [-0.39, 0.29) is 0 Å². The van der Waals surface area contributed by atoms with Crippen LogP contribution in [-0.4, -0.2) is 7.11 Å². The van der Waals surface area contributed by atoms with Crippen LogP contribution in [0.5, 0.6) is 5.06 Å². The minimum Gasteiger partial charge on any atom is -0.487 e. The summed E-state index contributed by atoms with van der Waals surface area (Å²) in [7, 11) is 1.62. The summed E-state index contributed by atoms with van der Waals surface area (Å²) in [5.41, 5.74) is 1.71. The van der Waals surface area contributed by atoms with E-state index in [0.717, 1.165) is 21.1 Å². The third kappa shape index (κ3) is 1.22. The fourth-order valence-electron chi connectivity index (χ4n) is 0.990. The zero-order chi connectivity index (χ0) is 8.43. The van der Waals surface area contributed by atoms with Crippen LogP contribution in [0.3, 0.4) is 0 Å². The molecule has 1 rings (SSSR count). The van der Waals surface area contributed by atoms with E-state index in [1.165, 1.54) is 11.3 Å². The van der Waals surface area contributed by atoms with Gasteiger partial charge in [-0.1, -0.05) is 0 Å².